The molecule has 3 aromatic rings. The first-order valence-electron chi connectivity index (χ1n) is 15.3. The molecule has 6 rings (SSSR count). The third kappa shape index (κ3) is 6.83. The molecule has 3 aliphatic rings. The molecule has 0 amide bonds. The summed E-state index contributed by atoms with van der Waals surface area (Å²) in [6.45, 7) is 5.93. The molecule has 2 aliphatic carbocycles. The molecule has 2 aromatic carbocycles. The Labute approximate surface area is 291 Å². The van der Waals surface area contributed by atoms with Crippen LogP contribution in [-0.4, -0.2) is 56.2 Å². The van der Waals surface area contributed by atoms with Gasteiger partial charge < -0.3 is 0 Å². The maximum atomic E-state index is 12.5. The van der Waals surface area contributed by atoms with E-state index in [4.69, 9.17) is 13.1 Å². The van der Waals surface area contributed by atoms with Crippen LogP contribution in [0.25, 0.3) is 15.9 Å². The normalized spacial score (nSPS) is 20.8. The van der Waals surface area contributed by atoms with Crippen molar-refractivity contribution in [3.8, 4) is 5.75 Å². The number of ether oxygens (including phenoxy) is 1. The van der Waals surface area contributed by atoms with Crippen molar-refractivity contribution in [1.82, 2.24) is 0 Å². The van der Waals surface area contributed by atoms with E-state index in [1.54, 1.807) is 32.8 Å². The van der Waals surface area contributed by atoms with Crippen LogP contribution in [0.2, 0.25) is 0 Å². The third-order valence-electron chi connectivity index (χ3n) is 8.55. The van der Waals surface area contributed by atoms with Gasteiger partial charge in [-0.05, 0) is 0 Å². The molecule has 0 N–H and O–H groups in total. The molecule has 46 heavy (non-hydrogen) atoms. The zero-order chi connectivity index (χ0) is 32.5. The molecule has 244 valence electrons. The second-order valence-electron chi connectivity index (χ2n) is 11.3. The van der Waals surface area contributed by atoms with Gasteiger partial charge in [-0.2, -0.15) is 0 Å². The quantitative estimate of drug-likeness (QED) is 0.122. The van der Waals surface area contributed by atoms with Gasteiger partial charge >= 0.3 is 241 Å². The van der Waals surface area contributed by atoms with Crippen molar-refractivity contribution in [1.29, 1.82) is 0 Å². The van der Waals surface area contributed by atoms with Crippen molar-refractivity contribution < 1.29 is 26.1 Å². The van der Waals surface area contributed by atoms with Crippen molar-refractivity contribution >= 4 is 81.7 Å². The van der Waals surface area contributed by atoms with E-state index < -0.39 is 21.6 Å². The van der Waals surface area contributed by atoms with E-state index in [1.165, 1.54) is 55.1 Å². The molecular weight excluding hydrogens is 724 g/mol. The molecule has 2 heterocycles. The fourth-order valence-corrected chi connectivity index (χ4v) is 12.2. The molecular formula is C34H39N2O5S4Se+. The summed E-state index contributed by atoms with van der Waals surface area (Å²) < 4.78 is 47.3. The maximum absolute atomic E-state index is 12.5. The average Bonchev–Trinajstić information content (AvgIpc) is 3.55. The summed E-state index contributed by atoms with van der Waals surface area (Å²) in [5.41, 5.74) is 6.18. The van der Waals surface area contributed by atoms with Gasteiger partial charge in [-0.15, -0.1) is 0 Å². The Hall–Kier alpha value is -1.89. The summed E-state index contributed by atoms with van der Waals surface area (Å²) in [6, 6.07) is 8.19. The number of aryl methyl sites for hydroxylation is 1. The first-order valence-corrected chi connectivity index (χ1v) is 21.6. The number of fused-ring (bicyclic) bond motifs is 3. The molecule has 0 radical (unpaired) electrons. The topological polar surface area (TPSA) is 69.0 Å². The first-order chi connectivity index (χ1) is 22.2. The van der Waals surface area contributed by atoms with E-state index >= 15 is 0 Å². The van der Waals surface area contributed by atoms with Crippen molar-refractivity contribution in [2.45, 2.75) is 65.7 Å². The molecule has 3 unspecified atom stereocenters. The molecule has 0 fully saturated rings. The number of aromatic nitrogens is 1. The second-order valence-corrected chi connectivity index (χ2v) is 18.1. The zero-order valence-electron chi connectivity index (χ0n) is 26.9. The zero-order valence-corrected chi connectivity index (χ0v) is 31.9. The number of allylic oxidation sites excluding steroid dienone is 6. The predicted molar refractivity (Wildman–Crippen MR) is 191 cm³/mol. The van der Waals surface area contributed by atoms with Crippen LogP contribution in [0.3, 0.4) is 0 Å². The molecule has 0 saturated heterocycles. The van der Waals surface area contributed by atoms with Crippen LogP contribution in [0, 0.1) is 5.92 Å². The number of benzene rings is 2. The van der Waals surface area contributed by atoms with E-state index in [1.807, 2.05) is 6.07 Å². The van der Waals surface area contributed by atoms with Gasteiger partial charge in [0.25, 0.3) is 0 Å². The van der Waals surface area contributed by atoms with Gasteiger partial charge in [0.05, 0.1) is 31.4 Å². The number of hydrogen-bond donors (Lipinski definition) is 0. The summed E-state index contributed by atoms with van der Waals surface area (Å²) in [5.74, 6) is 2.01. The van der Waals surface area contributed by atoms with Crippen molar-refractivity contribution in [3.63, 3.8) is 0 Å². The Morgan fingerprint density at radius 1 is 0.978 bits per heavy atom. The average molecular weight is 763 g/mol. The summed E-state index contributed by atoms with van der Waals surface area (Å²) >= 11 is 2.97. The number of anilines is 1. The van der Waals surface area contributed by atoms with Crippen LogP contribution >= 0.6 is 24.1 Å². The molecule has 3 atom stereocenters. The van der Waals surface area contributed by atoms with E-state index in [0.717, 1.165) is 53.6 Å². The van der Waals surface area contributed by atoms with Crippen LogP contribution in [0.15, 0.2) is 84.7 Å². The Morgan fingerprint density at radius 3 is 2.35 bits per heavy atom. The summed E-state index contributed by atoms with van der Waals surface area (Å²) in [7, 11) is 0.887. The van der Waals surface area contributed by atoms with Crippen molar-refractivity contribution in [3.05, 3.63) is 69.7 Å². The molecule has 0 bridgehead atoms. The van der Waals surface area contributed by atoms with Gasteiger partial charge in [-0.1, -0.05) is 0 Å². The molecule has 1 aliphatic heterocycles. The van der Waals surface area contributed by atoms with Gasteiger partial charge in [0.15, 0.2) is 0 Å². The Kier molecular flexibility index (Phi) is 10.9. The summed E-state index contributed by atoms with van der Waals surface area (Å²) in [5, 5.41) is 0. The predicted octanol–water partition coefficient (Wildman–Crippen LogP) is 7.19. The number of rotatable bonds is 10. The summed E-state index contributed by atoms with van der Waals surface area (Å²) in [6.07, 6.45) is 17.0. The van der Waals surface area contributed by atoms with Crippen LogP contribution in [0.4, 0.5) is 5.69 Å². The van der Waals surface area contributed by atoms with Crippen LogP contribution < -0.4 is 14.2 Å². The fourth-order valence-electron chi connectivity index (χ4n) is 6.40. The monoisotopic (exact) mass is 763 g/mol. The van der Waals surface area contributed by atoms with E-state index in [9.17, 15) is 8.42 Å². The van der Waals surface area contributed by atoms with Gasteiger partial charge in [0.1, 0.15) is 0 Å². The van der Waals surface area contributed by atoms with E-state index in [-0.39, 0.29) is 14.5 Å². The molecule has 1 aromatic heterocycles. The van der Waals surface area contributed by atoms with Crippen LogP contribution in [0.1, 0.15) is 44.1 Å². The standard InChI is InChI=1S/C34H39N2O5S4Se/c1-7-35-25-18-30(44(5)37)31(45(6)38)19-27(25)41-33(35)15-21-9-11-23-12-10-22(14-24(23)13-21)16-34-36(8-2)26-17-28(42-39-3)29(43-40-4)20-32(26)46-34/h13-20,23H,7-12H2,1-6H3/q+1. The molecule has 12 heteroatoms. The summed E-state index contributed by atoms with van der Waals surface area (Å²) in [4.78, 5) is 5.45. The fraction of sp³-hybridized carbons (Fsp3) is 0.382. The van der Waals surface area contributed by atoms with Gasteiger partial charge in [0, 0.05) is 12.5 Å². The van der Waals surface area contributed by atoms with Crippen molar-refractivity contribution in [2.75, 3.05) is 38.2 Å². The van der Waals surface area contributed by atoms with Crippen LogP contribution in [-0.2, 0) is 36.5 Å². The van der Waals surface area contributed by atoms with Gasteiger partial charge in [0.2, 0.25) is 0 Å². The molecule has 0 saturated carbocycles. The SMILES string of the molecule is CCN1/C(=C/C2=CC3=C/C(=C/c4[se]c5cc(SOC)c(SOC)cc5[n+]4CC)CCC3CC2)Oc2cc(S(C)=O)c(S(C)=O)cc21. The van der Waals surface area contributed by atoms with Crippen molar-refractivity contribution in [2.24, 2.45) is 5.92 Å². The Morgan fingerprint density at radius 2 is 1.67 bits per heavy atom. The number of nitrogens with zero attached hydrogens (tertiary/aromatic N) is 2. The molecule has 0 spiro atoms. The Balaban J connectivity index is 1.32. The number of hydrogen-bond acceptors (Lipinski definition) is 8. The van der Waals surface area contributed by atoms with Crippen LogP contribution in [0.5, 0.6) is 5.75 Å². The second kappa shape index (κ2) is 14.7. The van der Waals surface area contributed by atoms with Gasteiger partial charge in [-0.3, -0.25) is 8.42 Å². The third-order valence-corrected chi connectivity index (χ3v) is 14.4. The Bertz CT molecular complexity index is 1860. The van der Waals surface area contributed by atoms with E-state index in [2.05, 4.69) is 59.8 Å². The van der Waals surface area contributed by atoms with E-state index in [0.29, 0.717) is 28.0 Å². The minimum atomic E-state index is -1.26. The van der Waals surface area contributed by atoms with Gasteiger partial charge in [-0.25, -0.2) is 0 Å². The molecule has 7 nitrogen and oxygen atoms in total. The minimum absolute atomic E-state index is 0.206. The first kappa shape index (κ1) is 34.0.